The van der Waals surface area contributed by atoms with Crippen LogP contribution in [0.3, 0.4) is 0 Å². The van der Waals surface area contributed by atoms with E-state index in [4.69, 9.17) is 0 Å². The van der Waals surface area contributed by atoms with E-state index in [0.29, 0.717) is 35.1 Å². The molecule has 0 fully saturated rings. The third kappa shape index (κ3) is 13.4. The molecule has 62 heavy (non-hydrogen) atoms. The van der Waals surface area contributed by atoms with Gasteiger partial charge in [0.25, 0.3) is 0 Å². The van der Waals surface area contributed by atoms with Crippen molar-refractivity contribution in [2.45, 2.75) is 130 Å². The first kappa shape index (κ1) is 47.9. The molecule has 0 bridgehead atoms. The zero-order chi connectivity index (χ0) is 44.4. The number of unbranched alkanes of at least 4 members (excludes halogenated alkanes) is 12. The Balaban J connectivity index is 0.000000235. The zero-order valence-electron chi connectivity index (χ0n) is 37.0. The van der Waals surface area contributed by atoms with Crippen LogP contribution in [0.5, 0.6) is 0 Å². The van der Waals surface area contributed by atoms with Crippen LogP contribution in [0.25, 0.3) is 44.5 Å². The van der Waals surface area contributed by atoms with Gasteiger partial charge in [0.05, 0.1) is 0 Å². The number of halogens is 6. The Morgan fingerprint density at radius 3 is 0.952 bits per heavy atom. The summed E-state index contributed by atoms with van der Waals surface area (Å²) in [5.74, 6) is -4.77. The molecule has 0 spiro atoms. The summed E-state index contributed by atoms with van der Waals surface area (Å²) in [6, 6.07) is 31.0. The molecule has 0 aliphatic carbocycles. The Bertz CT molecular complexity index is 2310. The number of benzene rings is 6. The Morgan fingerprint density at radius 2 is 0.613 bits per heavy atom. The summed E-state index contributed by atoms with van der Waals surface area (Å²) in [5.41, 5.74) is 6.24. The van der Waals surface area contributed by atoms with Gasteiger partial charge in [-0.15, -0.1) is 0 Å². The van der Waals surface area contributed by atoms with Crippen molar-refractivity contribution < 1.29 is 26.3 Å². The highest BCUT2D eigenvalue weighted by Crippen LogP contribution is 2.34. The van der Waals surface area contributed by atoms with E-state index in [2.05, 4.69) is 13.8 Å². The second kappa shape index (κ2) is 24.5. The van der Waals surface area contributed by atoms with Gasteiger partial charge in [-0.1, -0.05) is 199 Å². The van der Waals surface area contributed by atoms with Gasteiger partial charge in [-0.25, -0.2) is 26.3 Å². The molecule has 6 rings (SSSR count). The molecule has 0 radical (unpaired) electrons. The predicted molar refractivity (Wildman–Crippen MR) is 247 cm³/mol. The smallest absolute Gasteiger partial charge is 0.167 e. The van der Waals surface area contributed by atoms with Gasteiger partial charge in [0.2, 0.25) is 0 Å². The van der Waals surface area contributed by atoms with Crippen molar-refractivity contribution >= 4 is 0 Å². The maximum Gasteiger partial charge on any atom is 0.167 e. The maximum absolute atomic E-state index is 14.8. The average Bonchev–Trinajstić information content (AvgIpc) is 3.27. The number of hydrogen-bond donors (Lipinski definition) is 0. The molecule has 0 saturated heterocycles. The van der Waals surface area contributed by atoms with Crippen molar-refractivity contribution in [3.63, 3.8) is 0 Å². The summed E-state index contributed by atoms with van der Waals surface area (Å²) < 4.78 is 88.4. The lowest BCUT2D eigenvalue weighted by atomic mass is 9.96. The summed E-state index contributed by atoms with van der Waals surface area (Å²) in [6.07, 6.45) is 16.8. The molecule has 0 aromatic heterocycles. The third-order valence-corrected chi connectivity index (χ3v) is 11.7. The van der Waals surface area contributed by atoms with E-state index in [-0.39, 0.29) is 22.3 Å². The zero-order valence-corrected chi connectivity index (χ0v) is 37.0. The molecular formula is C56H62F6. The van der Waals surface area contributed by atoms with Crippen LogP contribution < -0.4 is 0 Å². The van der Waals surface area contributed by atoms with E-state index in [9.17, 15) is 26.3 Å². The largest absolute Gasteiger partial charge is 0.206 e. The first-order valence-electron chi connectivity index (χ1n) is 22.7. The van der Waals surface area contributed by atoms with E-state index in [1.807, 2.05) is 62.4 Å². The number of hydrogen-bond acceptors (Lipinski definition) is 0. The van der Waals surface area contributed by atoms with E-state index in [1.165, 1.54) is 87.8 Å². The van der Waals surface area contributed by atoms with Crippen molar-refractivity contribution in [2.24, 2.45) is 0 Å². The van der Waals surface area contributed by atoms with Crippen LogP contribution in [-0.2, 0) is 12.8 Å². The molecule has 0 amide bonds. The van der Waals surface area contributed by atoms with Crippen molar-refractivity contribution in [1.29, 1.82) is 0 Å². The molecule has 6 aromatic rings. The Labute approximate surface area is 366 Å². The van der Waals surface area contributed by atoms with Gasteiger partial charge >= 0.3 is 0 Å². The van der Waals surface area contributed by atoms with E-state index < -0.39 is 34.9 Å². The predicted octanol–water partition coefficient (Wildman–Crippen LogP) is 18.1. The Kier molecular flexibility index (Phi) is 19.0. The minimum absolute atomic E-state index is 0.0323. The fourth-order valence-corrected chi connectivity index (χ4v) is 7.84. The van der Waals surface area contributed by atoms with E-state index in [0.717, 1.165) is 60.8 Å². The lowest BCUT2D eigenvalue weighted by Gasteiger charge is -2.11. The summed E-state index contributed by atoms with van der Waals surface area (Å²) in [4.78, 5) is 0. The molecule has 0 unspecified atom stereocenters. The van der Waals surface area contributed by atoms with Crippen molar-refractivity contribution in [1.82, 2.24) is 0 Å². The normalized spacial score (nSPS) is 11.1. The number of rotatable bonds is 20. The van der Waals surface area contributed by atoms with Gasteiger partial charge in [-0.2, -0.15) is 0 Å². The first-order chi connectivity index (χ1) is 30.0. The van der Waals surface area contributed by atoms with Crippen LogP contribution in [-0.4, -0.2) is 0 Å². The van der Waals surface area contributed by atoms with Crippen molar-refractivity contribution in [3.05, 3.63) is 166 Å². The summed E-state index contributed by atoms with van der Waals surface area (Å²) in [5, 5.41) is 0. The quantitative estimate of drug-likeness (QED) is 0.0530. The standard InChI is InChI=1S/C29H33F3.C27H29F3/c1-3-4-5-6-7-8-9-10-11-23-16-19-26(29(32)28(23)31)25-18-17-24(20-27(25)30)22-14-12-21(2)13-15-22;1-3-4-5-6-7-8-9-21-14-17-24(27(30)26(21)29)23-16-15-22(18-25(23)28)20-12-10-19(2)11-13-20/h12-20H,3-11H2,1-2H3;10-18H,3-9H2,1-2H3. The molecule has 0 aliphatic heterocycles. The Morgan fingerprint density at radius 1 is 0.306 bits per heavy atom. The highest BCUT2D eigenvalue weighted by molar-refractivity contribution is 5.73. The fraction of sp³-hybridized carbons (Fsp3) is 0.357. The van der Waals surface area contributed by atoms with Gasteiger partial charge in [-0.05, 0) is 85.0 Å². The highest BCUT2D eigenvalue weighted by Gasteiger charge is 2.19. The summed E-state index contributed by atoms with van der Waals surface area (Å²) >= 11 is 0. The SMILES string of the molecule is CCCCCCCCCCc1ccc(-c2ccc(-c3ccc(C)cc3)cc2F)c(F)c1F.CCCCCCCCc1ccc(-c2ccc(-c3ccc(C)cc3)cc2F)c(F)c1F. The van der Waals surface area contributed by atoms with Gasteiger partial charge in [0, 0.05) is 22.3 Å². The third-order valence-electron chi connectivity index (χ3n) is 11.7. The lowest BCUT2D eigenvalue weighted by molar-refractivity contribution is 0.496. The molecule has 0 N–H and O–H groups in total. The molecule has 0 heterocycles. The van der Waals surface area contributed by atoms with Crippen LogP contribution in [0.2, 0.25) is 0 Å². The summed E-state index contributed by atoms with van der Waals surface area (Å²) in [6.45, 7) is 8.34. The molecule has 6 heteroatoms. The monoisotopic (exact) mass is 848 g/mol. The molecule has 0 saturated carbocycles. The van der Waals surface area contributed by atoms with Crippen LogP contribution in [0.1, 0.15) is 126 Å². The topological polar surface area (TPSA) is 0 Å². The van der Waals surface area contributed by atoms with Gasteiger partial charge in [-0.3, -0.25) is 0 Å². The van der Waals surface area contributed by atoms with Crippen LogP contribution >= 0.6 is 0 Å². The molecule has 0 nitrogen and oxygen atoms in total. The van der Waals surface area contributed by atoms with E-state index >= 15 is 0 Å². The summed E-state index contributed by atoms with van der Waals surface area (Å²) in [7, 11) is 0. The van der Waals surface area contributed by atoms with Crippen LogP contribution in [0.15, 0.2) is 109 Å². The van der Waals surface area contributed by atoms with Gasteiger partial charge < -0.3 is 0 Å². The molecule has 0 aliphatic rings. The van der Waals surface area contributed by atoms with Crippen LogP contribution in [0.4, 0.5) is 26.3 Å². The lowest BCUT2D eigenvalue weighted by Crippen LogP contribution is -1.99. The molecule has 0 atom stereocenters. The first-order valence-corrected chi connectivity index (χ1v) is 22.7. The average molecular weight is 849 g/mol. The van der Waals surface area contributed by atoms with Crippen LogP contribution in [0, 0.1) is 48.8 Å². The second-order valence-electron chi connectivity index (χ2n) is 16.7. The maximum atomic E-state index is 14.8. The molecular weight excluding hydrogens is 787 g/mol. The highest BCUT2D eigenvalue weighted by atomic mass is 19.2. The van der Waals surface area contributed by atoms with Crippen molar-refractivity contribution in [3.8, 4) is 44.5 Å². The fourth-order valence-electron chi connectivity index (χ4n) is 7.84. The van der Waals surface area contributed by atoms with E-state index in [1.54, 1.807) is 24.3 Å². The van der Waals surface area contributed by atoms with Crippen molar-refractivity contribution in [2.75, 3.05) is 0 Å². The minimum Gasteiger partial charge on any atom is -0.206 e. The minimum atomic E-state index is -0.972. The molecule has 328 valence electrons. The number of aryl methyl sites for hydroxylation is 4. The Hall–Kier alpha value is -5.10. The second-order valence-corrected chi connectivity index (χ2v) is 16.7. The molecule has 6 aromatic carbocycles. The van der Waals surface area contributed by atoms with Gasteiger partial charge in [0.1, 0.15) is 11.6 Å². The van der Waals surface area contributed by atoms with Gasteiger partial charge in [0.15, 0.2) is 23.3 Å².